The summed E-state index contributed by atoms with van der Waals surface area (Å²) in [5, 5.41) is 9.59. The number of nitrogens with one attached hydrogen (secondary N) is 3. The highest BCUT2D eigenvalue weighted by molar-refractivity contribution is 14.0. The van der Waals surface area contributed by atoms with Crippen LogP contribution >= 0.6 is 24.0 Å². The zero-order valence-electron chi connectivity index (χ0n) is 15.2. The summed E-state index contributed by atoms with van der Waals surface area (Å²) in [6.07, 6.45) is 7.04. The molecule has 5 nitrogen and oxygen atoms in total. The number of nitrogens with zero attached hydrogens (tertiary/aromatic N) is 1. The largest absolute Gasteiger partial charge is 0.355 e. The third-order valence-corrected chi connectivity index (χ3v) is 4.53. The van der Waals surface area contributed by atoms with Gasteiger partial charge in [0.2, 0.25) is 5.91 Å². The minimum atomic E-state index is 0. The monoisotopic (exact) mass is 438 g/mol. The number of carbonyl (C=O) groups excluding carboxylic acids is 1. The number of hydrogen-bond donors (Lipinski definition) is 3. The fraction of sp³-hybridized carbons (Fsp3) is 0.882. The lowest BCUT2D eigenvalue weighted by atomic mass is 9.87. The molecule has 1 saturated carbocycles. The topological polar surface area (TPSA) is 65.5 Å². The van der Waals surface area contributed by atoms with Gasteiger partial charge < -0.3 is 16.0 Å². The molecule has 0 aliphatic heterocycles. The van der Waals surface area contributed by atoms with Crippen LogP contribution < -0.4 is 16.0 Å². The van der Waals surface area contributed by atoms with E-state index in [1.54, 1.807) is 7.05 Å². The molecule has 1 fully saturated rings. The molecule has 1 unspecified atom stereocenters. The predicted octanol–water partition coefficient (Wildman–Crippen LogP) is 2.90. The lowest BCUT2D eigenvalue weighted by Gasteiger charge is -2.22. The van der Waals surface area contributed by atoms with Gasteiger partial charge in [0.05, 0.1) is 0 Å². The Kier molecular flexibility index (Phi) is 12.5. The van der Waals surface area contributed by atoms with Gasteiger partial charge in [-0.05, 0) is 31.6 Å². The van der Waals surface area contributed by atoms with Crippen LogP contribution in [-0.2, 0) is 4.79 Å². The van der Waals surface area contributed by atoms with Crippen molar-refractivity contribution in [1.82, 2.24) is 16.0 Å². The second-order valence-electron chi connectivity index (χ2n) is 6.73. The van der Waals surface area contributed by atoms with E-state index in [-0.39, 0.29) is 29.9 Å². The van der Waals surface area contributed by atoms with Crippen molar-refractivity contribution in [2.45, 2.75) is 65.3 Å². The van der Waals surface area contributed by atoms with Gasteiger partial charge in [0.15, 0.2) is 5.96 Å². The maximum Gasteiger partial charge on any atom is 0.220 e. The zero-order chi connectivity index (χ0) is 16.4. The van der Waals surface area contributed by atoms with E-state index >= 15 is 0 Å². The fourth-order valence-electron chi connectivity index (χ4n) is 2.69. The average Bonchev–Trinajstić information content (AvgIpc) is 2.50. The Balaban J connectivity index is 0.00000484. The summed E-state index contributed by atoms with van der Waals surface area (Å²) in [6.45, 7) is 7.83. The van der Waals surface area contributed by atoms with Crippen LogP contribution in [0.1, 0.15) is 59.3 Å². The van der Waals surface area contributed by atoms with Crippen molar-refractivity contribution in [3.8, 4) is 0 Å². The molecule has 0 aromatic rings. The van der Waals surface area contributed by atoms with Crippen LogP contribution in [0.2, 0.25) is 0 Å². The van der Waals surface area contributed by atoms with Crippen molar-refractivity contribution in [2.75, 3.05) is 20.1 Å². The molecule has 1 rings (SSSR count). The number of rotatable bonds is 7. The van der Waals surface area contributed by atoms with Gasteiger partial charge in [-0.25, -0.2) is 0 Å². The van der Waals surface area contributed by atoms with Gasteiger partial charge in [-0.1, -0.05) is 33.1 Å². The van der Waals surface area contributed by atoms with Crippen molar-refractivity contribution >= 4 is 35.8 Å². The third kappa shape index (κ3) is 10.0. The molecule has 0 bridgehead atoms. The molecule has 6 heteroatoms. The first kappa shape index (κ1) is 22.5. The van der Waals surface area contributed by atoms with Gasteiger partial charge in [0, 0.05) is 32.6 Å². The van der Waals surface area contributed by atoms with E-state index in [0.717, 1.165) is 5.96 Å². The Morgan fingerprint density at radius 3 is 2.26 bits per heavy atom. The number of aliphatic imine (C=N–C) groups is 1. The molecule has 0 saturated heterocycles. The van der Waals surface area contributed by atoms with Crippen LogP contribution in [-0.4, -0.2) is 38.0 Å². The molecule has 1 aliphatic rings. The average molecular weight is 438 g/mol. The number of amides is 1. The molecule has 3 N–H and O–H groups in total. The standard InChI is InChI=1S/C17H34N4O.HI/c1-13(2)14(3)21-17(18-4)20-11-10-19-16(22)12-15-8-6-5-7-9-15;/h13-15H,5-12H2,1-4H3,(H,19,22)(H2,18,20,21);1H. The third-order valence-electron chi connectivity index (χ3n) is 4.53. The van der Waals surface area contributed by atoms with Crippen LogP contribution in [0.3, 0.4) is 0 Å². The first-order valence-corrected chi connectivity index (χ1v) is 8.76. The van der Waals surface area contributed by atoms with Crippen LogP contribution in [0.25, 0.3) is 0 Å². The highest BCUT2D eigenvalue weighted by Gasteiger charge is 2.16. The number of guanidine groups is 1. The Morgan fingerprint density at radius 1 is 1.09 bits per heavy atom. The zero-order valence-corrected chi connectivity index (χ0v) is 17.5. The number of halogens is 1. The van der Waals surface area contributed by atoms with E-state index in [4.69, 9.17) is 0 Å². The van der Waals surface area contributed by atoms with Gasteiger partial charge in [-0.3, -0.25) is 9.79 Å². The quantitative estimate of drug-likeness (QED) is 0.248. The molecule has 1 atom stereocenters. The van der Waals surface area contributed by atoms with Crippen LogP contribution in [0.15, 0.2) is 4.99 Å². The van der Waals surface area contributed by atoms with Gasteiger partial charge in [-0.15, -0.1) is 24.0 Å². The van der Waals surface area contributed by atoms with E-state index in [1.807, 2.05) is 0 Å². The molecule has 0 aromatic heterocycles. The Labute approximate surface area is 158 Å². The van der Waals surface area contributed by atoms with E-state index in [0.29, 0.717) is 37.4 Å². The SMILES string of the molecule is CN=C(NCCNC(=O)CC1CCCCC1)NC(C)C(C)C.I. The molecular formula is C17H35IN4O. The fourth-order valence-corrected chi connectivity index (χ4v) is 2.69. The summed E-state index contributed by atoms with van der Waals surface area (Å²) < 4.78 is 0. The lowest BCUT2D eigenvalue weighted by molar-refractivity contribution is -0.122. The molecule has 0 aromatic carbocycles. The van der Waals surface area contributed by atoms with E-state index in [2.05, 4.69) is 41.7 Å². The Morgan fingerprint density at radius 2 is 1.70 bits per heavy atom. The van der Waals surface area contributed by atoms with Crippen molar-refractivity contribution in [2.24, 2.45) is 16.8 Å². The highest BCUT2D eigenvalue weighted by Crippen LogP contribution is 2.25. The molecule has 1 aliphatic carbocycles. The minimum absolute atomic E-state index is 0. The van der Waals surface area contributed by atoms with Gasteiger partial charge in [-0.2, -0.15) is 0 Å². The first-order valence-electron chi connectivity index (χ1n) is 8.76. The number of carbonyl (C=O) groups is 1. The van der Waals surface area contributed by atoms with Crippen molar-refractivity contribution in [3.63, 3.8) is 0 Å². The maximum atomic E-state index is 11.9. The molecule has 23 heavy (non-hydrogen) atoms. The Bertz CT molecular complexity index is 355. The summed E-state index contributed by atoms with van der Waals surface area (Å²) in [7, 11) is 1.77. The first-order chi connectivity index (χ1) is 10.5. The lowest BCUT2D eigenvalue weighted by Crippen LogP contribution is -2.46. The molecule has 0 heterocycles. The van der Waals surface area contributed by atoms with E-state index in [9.17, 15) is 4.79 Å². The summed E-state index contributed by atoms with van der Waals surface area (Å²) >= 11 is 0. The number of hydrogen-bond acceptors (Lipinski definition) is 2. The highest BCUT2D eigenvalue weighted by atomic mass is 127. The summed E-state index contributed by atoms with van der Waals surface area (Å²) in [5.41, 5.74) is 0. The Hall–Kier alpha value is -0.530. The van der Waals surface area contributed by atoms with Crippen molar-refractivity contribution in [3.05, 3.63) is 0 Å². The minimum Gasteiger partial charge on any atom is -0.355 e. The summed E-state index contributed by atoms with van der Waals surface area (Å²) in [6, 6.07) is 0.368. The van der Waals surface area contributed by atoms with Crippen LogP contribution in [0.4, 0.5) is 0 Å². The second-order valence-corrected chi connectivity index (χ2v) is 6.73. The van der Waals surface area contributed by atoms with Gasteiger partial charge in [0.25, 0.3) is 0 Å². The van der Waals surface area contributed by atoms with Gasteiger partial charge in [0.1, 0.15) is 0 Å². The van der Waals surface area contributed by atoms with Crippen LogP contribution in [0, 0.1) is 11.8 Å². The predicted molar refractivity (Wildman–Crippen MR) is 108 cm³/mol. The maximum absolute atomic E-state index is 11.9. The molecule has 1 amide bonds. The van der Waals surface area contributed by atoms with Crippen molar-refractivity contribution in [1.29, 1.82) is 0 Å². The molecule has 136 valence electrons. The molecule has 0 radical (unpaired) electrons. The second kappa shape index (κ2) is 12.8. The van der Waals surface area contributed by atoms with E-state index in [1.165, 1.54) is 32.1 Å². The molecule has 0 spiro atoms. The van der Waals surface area contributed by atoms with Crippen LogP contribution in [0.5, 0.6) is 0 Å². The van der Waals surface area contributed by atoms with Crippen molar-refractivity contribution < 1.29 is 4.79 Å². The molecular weight excluding hydrogens is 403 g/mol. The smallest absolute Gasteiger partial charge is 0.220 e. The van der Waals surface area contributed by atoms with Gasteiger partial charge >= 0.3 is 0 Å². The van der Waals surface area contributed by atoms with E-state index < -0.39 is 0 Å². The normalized spacial score (nSPS) is 17.3. The summed E-state index contributed by atoms with van der Waals surface area (Å²) in [4.78, 5) is 16.1. The summed E-state index contributed by atoms with van der Waals surface area (Å²) in [5.74, 6) is 2.13.